The first-order valence-corrected chi connectivity index (χ1v) is 7.91. The van der Waals surface area contributed by atoms with E-state index in [1.54, 1.807) is 0 Å². The Morgan fingerprint density at radius 1 is 1.25 bits per heavy atom. The van der Waals surface area contributed by atoms with Crippen LogP contribution in [0, 0.1) is 5.92 Å². The van der Waals surface area contributed by atoms with Crippen molar-refractivity contribution in [3.05, 3.63) is 18.2 Å². The third-order valence-electron chi connectivity index (χ3n) is 4.21. The summed E-state index contributed by atoms with van der Waals surface area (Å²) in [4.78, 5) is 0. The summed E-state index contributed by atoms with van der Waals surface area (Å²) in [6.07, 6.45) is 6.60. The summed E-state index contributed by atoms with van der Waals surface area (Å²) >= 11 is 0. The second kappa shape index (κ2) is 6.87. The lowest BCUT2D eigenvalue weighted by Gasteiger charge is -2.29. The van der Waals surface area contributed by atoms with E-state index in [1.807, 2.05) is 26.0 Å². The zero-order chi connectivity index (χ0) is 14.5. The lowest BCUT2D eigenvalue weighted by Crippen LogP contribution is -2.26. The van der Waals surface area contributed by atoms with Crippen LogP contribution < -0.4 is 15.8 Å². The van der Waals surface area contributed by atoms with Crippen LogP contribution in [0.3, 0.4) is 0 Å². The number of anilines is 2. The van der Waals surface area contributed by atoms with Gasteiger partial charge in [0.15, 0.2) is 0 Å². The Hall–Kier alpha value is -1.38. The van der Waals surface area contributed by atoms with Gasteiger partial charge < -0.3 is 15.8 Å². The SMILES string of the molecule is CCC1CCC(Nc2cccc(OC(C)C)c2N)CC1. The van der Waals surface area contributed by atoms with Crippen LogP contribution in [-0.4, -0.2) is 12.1 Å². The minimum atomic E-state index is 0.146. The first kappa shape index (κ1) is 15.0. The fraction of sp³-hybridized carbons (Fsp3) is 0.647. The highest BCUT2D eigenvalue weighted by molar-refractivity contribution is 5.73. The van der Waals surface area contributed by atoms with Crippen LogP contribution in [0.5, 0.6) is 5.75 Å². The Labute approximate surface area is 122 Å². The van der Waals surface area contributed by atoms with Crippen LogP contribution in [0.2, 0.25) is 0 Å². The molecule has 0 aromatic heterocycles. The van der Waals surface area contributed by atoms with E-state index in [9.17, 15) is 0 Å². The van der Waals surface area contributed by atoms with E-state index in [0.29, 0.717) is 6.04 Å². The zero-order valence-electron chi connectivity index (χ0n) is 13.0. The van der Waals surface area contributed by atoms with E-state index in [1.165, 1.54) is 32.1 Å². The zero-order valence-corrected chi connectivity index (χ0v) is 13.0. The Balaban J connectivity index is 1.99. The molecule has 0 heterocycles. The number of para-hydroxylation sites is 1. The Morgan fingerprint density at radius 3 is 2.55 bits per heavy atom. The molecule has 3 heteroatoms. The quantitative estimate of drug-likeness (QED) is 0.782. The maximum absolute atomic E-state index is 6.21. The van der Waals surface area contributed by atoms with E-state index in [4.69, 9.17) is 10.5 Å². The molecule has 1 aromatic carbocycles. The Kier molecular flexibility index (Phi) is 5.16. The minimum Gasteiger partial charge on any atom is -0.489 e. The predicted octanol–water partition coefficient (Wildman–Crippen LogP) is 4.44. The van der Waals surface area contributed by atoms with Gasteiger partial charge in [0.2, 0.25) is 0 Å². The van der Waals surface area contributed by atoms with Crippen molar-refractivity contribution in [3.8, 4) is 5.75 Å². The fourth-order valence-electron chi connectivity index (χ4n) is 2.96. The summed E-state index contributed by atoms with van der Waals surface area (Å²) in [6.45, 7) is 6.33. The van der Waals surface area contributed by atoms with Gasteiger partial charge >= 0.3 is 0 Å². The lowest BCUT2D eigenvalue weighted by atomic mass is 9.84. The number of ether oxygens (including phenoxy) is 1. The normalized spacial score (nSPS) is 22.8. The van der Waals surface area contributed by atoms with Gasteiger partial charge in [-0.1, -0.05) is 19.4 Å². The third-order valence-corrected chi connectivity index (χ3v) is 4.21. The number of nitrogens with two attached hydrogens (primary N) is 1. The van der Waals surface area contributed by atoms with E-state index < -0.39 is 0 Å². The molecule has 0 spiro atoms. The van der Waals surface area contributed by atoms with E-state index in [-0.39, 0.29) is 6.10 Å². The van der Waals surface area contributed by atoms with Gasteiger partial charge in [0.05, 0.1) is 17.5 Å². The van der Waals surface area contributed by atoms with Crippen LogP contribution >= 0.6 is 0 Å². The van der Waals surface area contributed by atoms with Crippen LogP contribution in [0.4, 0.5) is 11.4 Å². The molecule has 112 valence electrons. The maximum atomic E-state index is 6.21. The van der Waals surface area contributed by atoms with E-state index in [0.717, 1.165) is 23.0 Å². The summed E-state index contributed by atoms with van der Waals surface area (Å²) in [5, 5.41) is 3.60. The molecular formula is C17H28N2O. The monoisotopic (exact) mass is 276 g/mol. The molecule has 0 amide bonds. The van der Waals surface area contributed by atoms with Crippen LogP contribution in [-0.2, 0) is 0 Å². The number of hydrogen-bond donors (Lipinski definition) is 2. The topological polar surface area (TPSA) is 47.3 Å². The first-order valence-electron chi connectivity index (χ1n) is 7.91. The molecule has 1 fully saturated rings. The van der Waals surface area contributed by atoms with Gasteiger partial charge in [-0.05, 0) is 57.6 Å². The van der Waals surface area contributed by atoms with Gasteiger partial charge in [0, 0.05) is 6.04 Å². The minimum absolute atomic E-state index is 0.146. The second-order valence-electron chi connectivity index (χ2n) is 6.15. The molecule has 1 saturated carbocycles. The van der Waals surface area contributed by atoms with Gasteiger partial charge in [0.25, 0.3) is 0 Å². The van der Waals surface area contributed by atoms with Crippen molar-refractivity contribution in [1.29, 1.82) is 0 Å². The predicted molar refractivity (Wildman–Crippen MR) is 86.3 cm³/mol. The highest BCUT2D eigenvalue weighted by atomic mass is 16.5. The van der Waals surface area contributed by atoms with Crippen LogP contribution in [0.1, 0.15) is 52.9 Å². The number of nitrogens with one attached hydrogen (secondary N) is 1. The highest BCUT2D eigenvalue weighted by Crippen LogP contribution is 2.33. The largest absolute Gasteiger partial charge is 0.489 e. The van der Waals surface area contributed by atoms with Crippen molar-refractivity contribution in [2.75, 3.05) is 11.1 Å². The molecule has 20 heavy (non-hydrogen) atoms. The summed E-state index contributed by atoms with van der Waals surface area (Å²) < 4.78 is 5.74. The summed E-state index contributed by atoms with van der Waals surface area (Å²) in [5.74, 6) is 1.70. The third kappa shape index (κ3) is 3.81. The highest BCUT2D eigenvalue weighted by Gasteiger charge is 2.20. The molecule has 2 rings (SSSR count). The van der Waals surface area contributed by atoms with Gasteiger partial charge in [-0.15, -0.1) is 0 Å². The summed E-state index contributed by atoms with van der Waals surface area (Å²) in [7, 11) is 0. The second-order valence-corrected chi connectivity index (χ2v) is 6.15. The van der Waals surface area contributed by atoms with Crippen LogP contribution in [0.15, 0.2) is 18.2 Å². The molecule has 3 nitrogen and oxygen atoms in total. The summed E-state index contributed by atoms with van der Waals surface area (Å²) in [5.41, 5.74) is 7.97. The summed E-state index contributed by atoms with van der Waals surface area (Å²) in [6, 6.07) is 6.55. The molecule has 3 N–H and O–H groups in total. The smallest absolute Gasteiger partial charge is 0.144 e. The average molecular weight is 276 g/mol. The van der Waals surface area contributed by atoms with Gasteiger partial charge in [-0.25, -0.2) is 0 Å². The molecule has 1 aromatic rings. The molecular weight excluding hydrogens is 248 g/mol. The van der Waals surface area contributed by atoms with Crippen molar-refractivity contribution in [2.24, 2.45) is 5.92 Å². The van der Waals surface area contributed by atoms with E-state index >= 15 is 0 Å². The fourth-order valence-corrected chi connectivity index (χ4v) is 2.96. The standard InChI is InChI=1S/C17H28N2O/c1-4-13-8-10-14(11-9-13)19-15-6-5-7-16(17(15)18)20-12(2)3/h5-7,12-14,19H,4,8-11,18H2,1-3H3. The number of hydrogen-bond acceptors (Lipinski definition) is 3. The molecule has 0 bridgehead atoms. The van der Waals surface area contributed by atoms with Crippen molar-refractivity contribution in [2.45, 2.75) is 65.0 Å². The maximum Gasteiger partial charge on any atom is 0.144 e. The average Bonchev–Trinajstić information content (AvgIpc) is 2.43. The van der Waals surface area contributed by atoms with Crippen LogP contribution in [0.25, 0.3) is 0 Å². The molecule has 0 unspecified atom stereocenters. The molecule has 1 aliphatic rings. The lowest BCUT2D eigenvalue weighted by molar-refractivity contribution is 0.244. The molecule has 0 atom stereocenters. The van der Waals surface area contributed by atoms with Gasteiger partial charge in [-0.3, -0.25) is 0 Å². The van der Waals surface area contributed by atoms with Gasteiger partial charge in [0.1, 0.15) is 5.75 Å². The number of rotatable bonds is 5. The van der Waals surface area contributed by atoms with Crippen molar-refractivity contribution < 1.29 is 4.74 Å². The Morgan fingerprint density at radius 2 is 1.95 bits per heavy atom. The van der Waals surface area contributed by atoms with Gasteiger partial charge in [-0.2, -0.15) is 0 Å². The van der Waals surface area contributed by atoms with Crippen molar-refractivity contribution >= 4 is 11.4 Å². The number of benzene rings is 1. The number of nitrogen functional groups attached to an aromatic ring is 1. The molecule has 0 saturated heterocycles. The van der Waals surface area contributed by atoms with Crippen molar-refractivity contribution in [3.63, 3.8) is 0 Å². The first-order chi connectivity index (χ1) is 9.60. The van der Waals surface area contributed by atoms with E-state index in [2.05, 4.69) is 18.3 Å². The molecule has 0 aliphatic heterocycles. The molecule has 0 radical (unpaired) electrons. The molecule has 1 aliphatic carbocycles. The van der Waals surface area contributed by atoms with Crippen molar-refractivity contribution in [1.82, 2.24) is 0 Å². The Bertz CT molecular complexity index is 423.